The first kappa shape index (κ1) is 15.0. The Kier molecular flexibility index (Phi) is 5.66. The van der Waals surface area contributed by atoms with E-state index in [0.717, 1.165) is 0 Å². The van der Waals surface area contributed by atoms with E-state index in [-0.39, 0.29) is 0 Å². The predicted molar refractivity (Wildman–Crippen MR) is 91.5 cm³/mol. The average molecular weight is 355 g/mol. The van der Waals surface area contributed by atoms with Gasteiger partial charge in [-0.3, -0.25) is 0 Å². The standard InChI is InChI=1S/C14H16IN.C2H6/c1-5-11-12-9-7-8-10-13(12)15(3)16(4)14(11)6-2;1-2/h5-10H,1-2H2,3-4H3;1-2H3. The van der Waals surface area contributed by atoms with Gasteiger partial charge in [0.25, 0.3) is 0 Å². The molecule has 98 valence electrons. The Bertz CT molecular complexity index is 474. The summed E-state index contributed by atoms with van der Waals surface area (Å²) in [5.41, 5.74) is 3.78. The van der Waals surface area contributed by atoms with Crippen LogP contribution in [0.2, 0.25) is 0 Å². The van der Waals surface area contributed by atoms with Crippen LogP contribution < -0.4 is 0 Å². The van der Waals surface area contributed by atoms with E-state index < -0.39 is 20.1 Å². The predicted octanol–water partition coefficient (Wildman–Crippen LogP) is 4.96. The van der Waals surface area contributed by atoms with E-state index in [0.29, 0.717) is 0 Å². The number of hydrogen-bond donors (Lipinski definition) is 0. The summed E-state index contributed by atoms with van der Waals surface area (Å²) in [6.07, 6.45) is 3.89. The monoisotopic (exact) mass is 355 g/mol. The minimum Gasteiger partial charge on any atom is -0.0683 e. The van der Waals surface area contributed by atoms with Crippen LogP contribution in [0, 0.1) is 3.57 Å². The molecule has 1 nitrogen and oxygen atoms in total. The van der Waals surface area contributed by atoms with Gasteiger partial charge >= 0.3 is 105 Å². The molecule has 0 N–H and O–H groups in total. The molecule has 0 atom stereocenters. The second-order valence-corrected chi connectivity index (χ2v) is 8.74. The van der Waals surface area contributed by atoms with Gasteiger partial charge in [0, 0.05) is 0 Å². The topological polar surface area (TPSA) is 3.24 Å². The Balaban J connectivity index is 0.000000771. The van der Waals surface area contributed by atoms with Gasteiger partial charge in [0.05, 0.1) is 0 Å². The number of allylic oxidation sites excluding steroid dienone is 3. The fourth-order valence-corrected chi connectivity index (χ4v) is 6.00. The minimum atomic E-state index is -1.24. The molecule has 0 unspecified atom stereocenters. The normalized spacial score (nSPS) is 15.6. The number of fused-ring (bicyclic) bond motifs is 1. The summed E-state index contributed by atoms with van der Waals surface area (Å²) < 4.78 is 3.91. The van der Waals surface area contributed by atoms with Gasteiger partial charge in [0.15, 0.2) is 0 Å². The molecule has 1 aliphatic heterocycles. The molecule has 0 saturated heterocycles. The Morgan fingerprint density at radius 1 is 1.11 bits per heavy atom. The van der Waals surface area contributed by atoms with Crippen molar-refractivity contribution in [1.82, 2.24) is 3.11 Å². The van der Waals surface area contributed by atoms with Crippen LogP contribution >= 0.6 is 20.1 Å². The number of benzene rings is 1. The van der Waals surface area contributed by atoms with Crippen LogP contribution in [0.25, 0.3) is 5.57 Å². The molecule has 0 bridgehead atoms. The van der Waals surface area contributed by atoms with Crippen LogP contribution in [-0.2, 0) is 0 Å². The van der Waals surface area contributed by atoms with Gasteiger partial charge in [-0.05, 0) is 0 Å². The molecule has 18 heavy (non-hydrogen) atoms. The number of hydrogen-bond acceptors (Lipinski definition) is 1. The third kappa shape index (κ3) is 2.53. The molecule has 1 aliphatic rings. The maximum absolute atomic E-state index is 3.93. The summed E-state index contributed by atoms with van der Waals surface area (Å²) in [6.45, 7) is 11.8. The molecule has 0 amide bonds. The first-order valence-electron chi connectivity index (χ1n) is 6.13. The fraction of sp³-hybridized carbons (Fsp3) is 0.250. The Labute approximate surface area is 119 Å². The molecule has 0 spiro atoms. The van der Waals surface area contributed by atoms with E-state index in [1.165, 1.54) is 20.4 Å². The van der Waals surface area contributed by atoms with Crippen molar-refractivity contribution < 1.29 is 0 Å². The van der Waals surface area contributed by atoms with Crippen molar-refractivity contribution in [3.05, 3.63) is 64.4 Å². The van der Waals surface area contributed by atoms with Gasteiger partial charge in [-0.15, -0.1) is 0 Å². The first-order valence-corrected chi connectivity index (χ1v) is 10.3. The first-order chi connectivity index (χ1) is 8.70. The molecule has 0 fully saturated rings. The zero-order chi connectivity index (χ0) is 13.7. The molecule has 1 heterocycles. The second kappa shape index (κ2) is 6.78. The van der Waals surface area contributed by atoms with E-state index in [1.54, 1.807) is 0 Å². The molecule has 1 aromatic rings. The van der Waals surface area contributed by atoms with Gasteiger partial charge in [-0.2, -0.15) is 0 Å². The molecule has 2 heteroatoms. The Morgan fingerprint density at radius 2 is 1.72 bits per heavy atom. The molecule has 0 aromatic heterocycles. The number of rotatable bonds is 2. The Hall–Kier alpha value is -1.03. The summed E-state index contributed by atoms with van der Waals surface area (Å²) in [5, 5.41) is 0. The largest absolute Gasteiger partial charge is 0.0683 e. The zero-order valence-corrected chi connectivity index (χ0v) is 13.9. The summed E-state index contributed by atoms with van der Waals surface area (Å²) in [7, 11) is 2.17. The molecule has 0 radical (unpaired) electrons. The molecule has 1 aromatic carbocycles. The van der Waals surface area contributed by atoms with Crippen LogP contribution in [0.3, 0.4) is 0 Å². The van der Waals surface area contributed by atoms with Crippen LogP contribution in [0.5, 0.6) is 0 Å². The van der Waals surface area contributed by atoms with Crippen molar-refractivity contribution in [2.24, 2.45) is 0 Å². The maximum atomic E-state index is 3.93. The molecular weight excluding hydrogens is 333 g/mol. The van der Waals surface area contributed by atoms with E-state index in [9.17, 15) is 0 Å². The van der Waals surface area contributed by atoms with Gasteiger partial charge < -0.3 is 0 Å². The van der Waals surface area contributed by atoms with Crippen molar-refractivity contribution in [3.63, 3.8) is 0 Å². The summed E-state index contributed by atoms with van der Waals surface area (Å²) in [4.78, 5) is 2.37. The summed E-state index contributed by atoms with van der Waals surface area (Å²) >= 11 is -1.24. The van der Waals surface area contributed by atoms with E-state index in [2.05, 4.69) is 52.5 Å². The van der Waals surface area contributed by atoms with Crippen LogP contribution in [0.15, 0.2) is 55.3 Å². The van der Waals surface area contributed by atoms with Gasteiger partial charge in [0.2, 0.25) is 0 Å². The van der Waals surface area contributed by atoms with E-state index in [1.807, 2.05) is 26.0 Å². The van der Waals surface area contributed by atoms with Crippen LogP contribution in [-0.4, -0.2) is 15.1 Å². The molecule has 0 aliphatic carbocycles. The average Bonchev–Trinajstić information content (AvgIpc) is 2.44. The van der Waals surface area contributed by atoms with Gasteiger partial charge in [-0.1, -0.05) is 13.8 Å². The zero-order valence-electron chi connectivity index (χ0n) is 11.7. The second-order valence-electron chi connectivity index (χ2n) is 3.61. The van der Waals surface area contributed by atoms with Crippen molar-refractivity contribution in [2.45, 2.75) is 13.8 Å². The quantitative estimate of drug-likeness (QED) is 0.412. The number of alkyl halides is 1. The maximum Gasteiger partial charge on any atom is -0.0683 e. The molecule has 0 saturated carbocycles. The van der Waals surface area contributed by atoms with Crippen molar-refractivity contribution in [3.8, 4) is 0 Å². The van der Waals surface area contributed by atoms with Gasteiger partial charge in [0.1, 0.15) is 0 Å². The van der Waals surface area contributed by atoms with Crippen LogP contribution in [0.4, 0.5) is 0 Å². The molecular formula is C16H22IN. The number of halogens is 1. The number of likely N-dealkylation sites (N-methyl/N-ethyl adjacent to an activating group) is 1. The summed E-state index contributed by atoms with van der Waals surface area (Å²) in [6, 6.07) is 8.66. The third-order valence-corrected chi connectivity index (χ3v) is 8.16. The number of nitrogens with zero attached hydrogens (tertiary/aromatic N) is 1. The van der Waals surface area contributed by atoms with E-state index >= 15 is 0 Å². The SMILES string of the molecule is C=CC1=C(C=C)N(C)I(C)c2ccccc21.CC. The van der Waals surface area contributed by atoms with Crippen molar-refractivity contribution in [1.29, 1.82) is 0 Å². The fourth-order valence-electron chi connectivity index (χ4n) is 1.95. The molecule has 2 rings (SSSR count). The van der Waals surface area contributed by atoms with Crippen molar-refractivity contribution in [2.75, 3.05) is 12.0 Å². The van der Waals surface area contributed by atoms with Gasteiger partial charge in [-0.25, -0.2) is 0 Å². The van der Waals surface area contributed by atoms with Crippen molar-refractivity contribution >= 4 is 25.7 Å². The van der Waals surface area contributed by atoms with E-state index in [4.69, 9.17) is 0 Å². The minimum absolute atomic E-state index is 1.21. The summed E-state index contributed by atoms with van der Waals surface area (Å²) in [5.74, 6) is 0. The van der Waals surface area contributed by atoms with Crippen LogP contribution in [0.1, 0.15) is 19.4 Å². The third-order valence-electron chi connectivity index (χ3n) is 2.84. The Morgan fingerprint density at radius 3 is 2.28 bits per heavy atom. The smallest absolute Gasteiger partial charge is 0.0683 e.